The number of hydrogen-bond acceptors (Lipinski definition) is 1. The lowest BCUT2D eigenvalue weighted by Crippen LogP contribution is -2.07. The molecule has 1 aromatic rings. The first-order valence-electron chi connectivity index (χ1n) is 5.39. The maximum atomic E-state index is 4.55. The van der Waals surface area contributed by atoms with Crippen molar-refractivity contribution in [2.45, 2.75) is 44.9 Å². The first kappa shape index (κ1) is 10.2. The molecule has 0 bridgehead atoms. The first-order valence-corrected chi connectivity index (χ1v) is 6.18. The monoisotopic (exact) mass is 253 g/mol. The molecular weight excluding hydrogens is 238 g/mol. The Morgan fingerprint density at radius 2 is 2.00 bits per heavy atom. The van der Waals surface area contributed by atoms with E-state index in [0.717, 1.165) is 0 Å². The van der Waals surface area contributed by atoms with E-state index < -0.39 is 0 Å². The topological polar surface area (TPSA) is 12.9 Å². The van der Waals surface area contributed by atoms with Crippen LogP contribution in [-0.2, 0) is 0 Å². The summed E-state index contributed by atoms with van der Waals surface area (Å²) in [6, 6.07) is 2.18. The average Bonchev–Trinajstić information content (AvgIpc) is 2.19. The van der Waals surface area contributed by atoms with Gasteiger partial charge in [-0.05, 0) is 47.3 Å². The molecule has 76 valence electrons. The van der Waals surface area contributed by atoms with Gasteiger partial charge in [-0.1, -0.05) is 19.3 Å². The van der Waals surface area contributed by atoms with Crippen molar-refractivity contribution < 1.29 is 0 Å². The molecule has 14 heavy (non-hydrogen) atoms. The molecule has 0 N–H and O–H groups in total. The molecule has 2 rings (SSSR count). The largest absolute Gasteiger partial charge is 0.260 e. The highest BCUT2D eigenvalue weighted by Crippen LogP contribution is 2.35. The van der Waals surface area contributed by atoms with Gasteiger partial charge in [0, 0.05) is 16.6 Å². The summed E-state index contributed by atoms with van der Waals surface area (Å²) in [6.07, 6.45) is 8.75. The predicted molar refractivity (Wildman–Crippen MR) is 62.5 cm³/mol. The van der Waals surface area contributed by atoms with Gasteiger partial charge in [0.2, 0.25) is 0 Å². The molecule has 1 nitrogen and oxygen atoms in total. The molecule has 0 unspecified atom stereocenters. The van der Waals surface area contributed by atoms with Crippen LogP contribution in [0, 0.1) is 6.92 Å². The van der Waals surface area contributed by atoms with E-state index in [-0.39, 0.29) is 0 Å². The molecule has 1 fully saturated rings. The molecule has 0 aromatic carbocycles. The number of aryl methyl sites for hydroxylation is 1. The van der Waals surface area contributed by atoms with Gasteiger partial charge in [-0.15, -0.1) is 0 Å². The zero-order valence-corrected chi connectivity index (χ0v) is 10.2. The van der Waals surface area contributed by atoms with Crippen LogP contribution in [0.25, 0.3) is 0 Å². The van der Waals surface area contributed by atoms with Crippen LogP contribution < -0.4 is 0 Å². The second-order valence-corrected chi connectivity index (χ2v) is 5.07. The molecule has 1 aliphatic carbocycles. The van der Waals surface area contributed by atoms with Crippen molar-refractivity contribution in [3.8, 4) is 0 Å². The Morgan fingerprint density at radius 1 is 1.29 bits per heavy atom. The highest BCUT2D eigenvalue weighted by molar-refractivity contribution is 9.10. The van der Waals surface area contributed by atoms with Crippen LogP contribution in [-0.4, -0.2) is 4.98 Å². The van der Waals surface area contributed by atoms with Gasteiger partial charge in [-0.2, -0.15) is 0 Å². The van der Waals surface area contributed by atoms with Crippen LogP contribution in [0.4, 0.5) is 0 Å². The predicted octanol–water partition coefficient (Wildman–Crippen LogP) is 4.20. The quantitative estimate of drug-likeness (QED) is 0.731. The van der Waals surface area contributed by atoms with E-state index in [1.165, 1.54) is 47.8 Å². The lowest BCUT2D eigenvalue weighted by molar-refractivity contribution is 0.435. The van der Waals surface area contributed by atoms with E-state index in [1.807, 2.05) is 6.20 Å². The molecule has 1 heterocycles. The molecule has 1 saturated carbocycles. The van der Waals surface area contributed by atoms with Gasteiger partial charge in [0.25, 0.3) is 0 Å². The zero-order chi connectivity index (χ0) is 9.97. The third-order valence-corrected chi connectivity index (χ3v) is 3.63. The SMILES string of the molecule is Cc1cnc(C2CCCCC2)c(Br)c1. The van der Waals surface area contributed by atoms with Gasteiger partial charge in [-0.25, -0.2) is 0 Å². The third kappa shape index (κ3) is 2.17. The van der Waals surface area contributed by atoms with E-state index in [9.17, 15) is 0 Å². The van der Waals surface area contributed by atoms with Crippen LogP contribution in [0.3, 0.4) is 0 Å². The molecule has 2 heteroatoms. The van der Waals surface area contributed by atoms with Crippen LogP contribution in [0.1, 0.15) is 49.3 Å². The van der Waals surface area contributed by atoms with Gasteiger partial charge in [0.1, 0.15) is 0 Å². The van der Waals surface area contributed by atoms with E-state index in [1.54, 1.807) is 0 Å². The molecular formula is C12H16BrN. The van der Waals surface area contributed by atoms with Crippen molar-refractivity contribution in [3.05, 3.63) is 28.0 Å². The number of pyridine rings is 1. The van der Waals surface area contributed by atoms with Crippen LogP contribution in [0.2, 0.25) is 0 Å². The Balaban J connectivity index is 2.22. The summed E-state index contributed by atoms with van der Waals surface area (Å²) in [4.78, 5) is 4.55. The summed E-state index contributed by atoms with van der Waals surface area (Å²) < 4.78 is 1.20. The number of hydrogen-bond donors (Lipinski definition) is 0. The average molecular weight is 254 g/mol. The molecule has 1 aliphatic rings. The van der Waals surface area contributed by atoms with Crippen LogP contribution in [0.5, 0.6) is 0 Å². The molecule has 0 spiro atoms. The van der Waals surface area contributed by atoms with Crippen LogP contribution >= 0.6 is 15.9 Å². The fraction of sp³-hybridized carbons (Fsp3) is 0.583. The van der Waals surface area contributed by atoms with E-state index in [0.29, 0.717) is 5.92 Å². The Morgan fingerprint density at radius 3 is 2.64 bits per heavy atom. The minimum Gasteiger partial charge on any atom is -0.260 e. The van der Waals surface area contributed by atoms with E-state index in [4.69, 9.17) is 0 Å². The molecule has 0 aliphatic heterocycles. The smallest absolute Gasteiger partial charge is 0.0576 e. The van der Waals surface area contributed by atoms with Crippen molar-refractivity contribution >= 4 is 15.9 Å². The number of halogens is 1. The number of aromatic nitrogens is 1. The normalized spacial score (nSPS) is 18.4. The minimum absolute atomic E-state index is 0.693. The van der Waals surface area contributed by atoms with Crippen LogP contribution in [0.15, 0.2) is 16.7 Å². The maximum absolute atomic E-state index is 4.55. The lowest BCUT2D eigenvalue weighted by atomic mass is 9.86. The Labute approximate surface area is 94.1 Å². The molecule has 1 aromatic heterocycles. The summed E-state index contributed by atoms with van der Waals surface area (Å²) in [7, 11) is 0. The van der Waals surface area contributed by atoms with Crippen molar-refractivity contribution in [1.82, 2.24) is 4.98 Å². The van der Waals surface area contributed by atoms with Gasteiger partial charge in [-0.3, -0.25) is 4.98 Å². The van der Waals surface area contributed by atoms with E-state index in [2.05, 4.69) is 33.9 Å². The Hall–Kier alpha value is -0.370. The molecule has 0 amide bonds. The standard InChI is InChI=1S/C12H16BrN/c1-9-7-11(13)12(14-8-9)10-5-3-2-4-6-10/h7-8,10H,2-6H2,1H3. The first-order chi connectivity index (χ1) is 6.77. The summed E-state index contributed by atoms with van der Waals surface area (Å²) in [6.45, 7) is 2.09. The highest BCUT2D eigenvalue weighted by Gasteiger charge is 2.18. The number of nitrogens with zero attached hydrogens (tertiary/aromatic N) is 1. The second-order valence-electron chi connectivity index (χ2n) is 4.21. The summed E-state index contributed by atoms with van der Waals surface area (Å²) in [5, 5.41) is 0. The molecule has 0 atom stereocenters. The van der Waals surface area contributed by atoms with Gasteiger partial charge < -0.3 is 0 Å². The minimum atomic E-state index is 0.693. The van der Waals surface area contributed by atoms with Crippen molar-refractivity contribution in [2.24, 2.45) is 0 Å². The van der Waals surface area contributed by atoms with Gasteiger partial charge in [0.05, 0.1) is 5.69 Å². The summed E-state index contributed by atoms with van der Waals surface area (Å²) in [5.41, 5.74) is 2.51. The van der Waals surface area contributed by atoms with Gasteiger partial charge in [0.15, 0.2) is 0 Å². The third-order valence-electron chi connectivity index (χ3n) is 3.00. The van der Waals surface area contributed by atoms with E-state index >= 15 is 0 Å². The fourth-order valence-corrected chi connectivity index (χ4v) is 3.01. The number of rotatable bonds is 1. The Kier molecular flexibility index (Phi) is 3.22. The highest BCUT2D eigenvalue weighted by atomic mass is 79.9. The molecule has 0 saturated heterocycles. The van der Waals surface area contributed by atoms with Crippen molar-refractivity contribution in [3.63, 3.8) is 0 Å². The van der Waals surface area contributed by atoms with Crippen molar-refractivity contribution in [1.29, 1.82) is 0 Å². The Bertz CT molecular complexity index is 316. The van der Waals surface area contributed by atoms with Crippen molar-refractivity contribution in [2.75, 3.05) is 0 Å². The summed E-state index contributed by atoms with van der Waals surface area (Å²) in [5.74, 6) is 0.693. The fourth-order valence-electron chi connectivity index (χ4n) is 2.22. The summed E-state index contributed by atoms with van der Waals surface area (Å²) >= 11 is 3.62. The zero-order valence-electron chi connectivity index (χ0n) is 8.59. The maximum Gasteiger partial charge on any atom is 0.0576 e. The lowest BCUT2D eigenvalue weighted by Gasteiger charge is -2.22. The molecule has 0 radical (unpaired) electrons. The van der Waals surface area contributed by atoms with Gasteiger partial charge >= 0.3 is 0 Å². The second kappa shape index (κ2) is 4.43.